The van der Waals surface area contributed by atoms with Gasteiger partial charge in [-0.1, -0.05) is 108 Å². The van der Waals surface area contributed by atoms with Crippen LogP contribution in [0.25, 0.3) is 0 Å². The molecule has 0 aliphatic heterocycles. The Balaban J connectivity index is 1.73. The minimum absolute atomic E-state index is 0.853. The quantitative estimate of drug-likeness (QED) is 0.174. The van der Waals surface area contributed by atoms with Gasteiger partial charge in [0.25, 0.3) is 0 Å². The summed E-state index contributed by atoms with van der Waals surface area (Å²) in [5.41, 5.74) is 0. The highest BCUT2D eigenvalue weighted by Gasteiger charge is 1.94. The van der Waals surface area contributed by atoms with E-state index in [4.69, 9.17) is 4.74 Å². The average Bonchev–Trinajstić information content (AvgIpc) is 2.70. The third kappa shape index (κ3) is 16.6. The summed E-state index contributed by atoms with van der Waals surface area (Å²) in [5.74, 6) is 0.997. The monoisotopic (exact) mass is 372 g/mol. The van der Waals surface area contributed by atoms with Crippen molar-refractivity contribution in [2.45, 2.75) is 110 Å². The normalized spacial score (nSPS) is 11.3. The van der Waals surface area contributed by atoms with Crippen LogP contribution >= 0.6 is 0 Å². The summed E-state index contributed by atoms with van der Waals surface area (Å²) in [7, 11) is 0. The standard InChI is InChI=1S/C26H44O/c1-2-3-4-5-6-7-8-9-10-11-12-13-14-15-16-17-18-22-25-27-26-23-20-19-21-24-26/h11-12,19-21,23-24H,2-10,13-18,22,25H2,1H3/b12-11-. The van der Waals surface area contributed by atoms with Gasteiger partial charge < -0.3 is 4.74 Å². The molecule has 0 aromatic heterocycles. The molecule has 1 aromatic carbocycles. The van der Waals surface area contributed by atoms with E-state index in [2.05, 4.69) is 19.1 Å². The summed E-state index contributed by atoms with van der Waals surface area (Å²) < 4.78 is 5.73. The second kappa shape index (κ2) is 19.5. The smallest absolute Gasteiger partial charge is 0.119 e. The van der Waals surface area contributed by atoms with Crippen LogP contribution < -0.4 is 4.74 Å². The first-order valence-electron chi connectivity index (χ1n) is 11.8. The first-order chi connectivity index (χ1) is 13.4. The molecule has 1 nitrogen and oxygen atoms in total. The first-order valence-corrected chi connectivity index (χ1v) is 11.8. The number of ether oxygens (including phenoxy) is 1. The van der Waals surface area contributed by atoms with Crippen LogP contribution in [0.5, 0.6) is 5.75 Å². The van der Waals surface area contributed by atoms with E-state index in [0.29, 0.717) is 0 Å². The second-order valence-electron chi connectivity index (χ2n) is 7.81. The van der Waals surface area contributed by atoms with Gasteiger partial charge in [-0.05, 0) is 44.2 Å². The zero-order valence-corrected chi connectivity index (χ0v) is 18.0. The lowest BCUT2D eigenvalue weighted by molar-refractivity contribution is 0.304. The first kappa shape index (κ1) is 23.8. The van der Waals surface area contributed by atoms with Gasteiger partial charge in [-0.15, -0.1) is 0 Å². The van der Waals surface area contributed by atoms with E-state index in [1.54, 1.807) is 0 Å². The molecule has 0 aliphatic rings. The van der Waals surface area contributed by atoms with Crippen molar-refractivity contribution in [1.82, 2.24) is 0 Å². The zero-order chi connectivity index (χ0) is 19.3. The van der Waals surface area contributed by atoms with Gasteiger partial charge in [-0.25, -0.2) is 0 Å². The van der Waals surface area contributed by atoms with Crippen LogP contribution in [0.1, 0.15) is 110 Å². The summed E-state index contributed by atoms with van der Waals surface area (Å²) in [6, 6.07) is 10.1. The van der Waals surface area contributed by atoms with E-state index in [0.717, 1.165) is 12.4 Å². The molecular formula is C26H44O. The van der Waals surface area contributed by atoms with Gasteiger partial charge in [0.05, 0.1) is 6.61 Å². The Bertz CT molecular complexity index is 423. The van der Waals surface area contributed by atoms with E-state index in [9.17, 15) is 0 Å². The van der Waals surface area contributed by atoms with Crippen molar-refractivity contribution in [3.63, 3.8) is 0 Å². The summed E-state index contributed by atoms with van der Waals surface area (Å²) in [6.07, 6.45) is 26.7. The molecule has 0 saturated carbocycles. The van der Waals surface area contributed by atoms with E-state index in [1.807, 2.05) is 30.3 Å². The Morgan fingerprint density at radius 3 is 1.63 bits per heavy atom. The fraction of sp³-hybridized carbons (Fsp3) is 0.692. The number of hydrogen-bond donors (Lipinski definition) is 0. The number of rotatable bonds is 19. The Morgan fingerprint density at radius 2 is 1.07 bits per heavy atom. The Kier molecular flexibility index (Phi) is 17.2. The third-order valence-electron chi connectivity index (χ3n) is 5.17. The molecule has 1 heteroatoms. The van der Waals surface area contributed by atoms with Crippen LogP contribution in [0.4, 0.5) is 0 Å². The summed E-state index contributed by atoms with van der Waals surface area (Å²) >= 11 is 0. The lowest BCUT2D eigenvalue weighted by Gasteiger charge is -2.05. The Morgan fingerprint density at radius 1 is 0.593 bits per heavy atom. The molecule has 0 aliphatic carbocycles. The highest BCUT2D eigenvalue weighted by molar-refractivity contribution is 5.20. The number of unbranched alkanes of at least 4 members (excludes halogenated alkanes) is 14. The SMILES string of the molecule is CCCCCCCCCC/C=C\CCCCCCCCOc1ccccc1. The maximum Gasteiger partial charge on any atom is 0.119 e. The van der Waals surface area contributed by atoms with E-state index in [1.165, 1.54) is 103 Å². The minimum Gasteiger partial charge on any atom is -0.494 e. The maximum absolute atomic E-state index is 5.73. The van der Waals surface area contributed by atoms with Crippen molar-refractivity contribution in [2.24, 2.45) is 0 Å². The van der Waals surface area contributed by atoms with Crippen molar-refractivity contribution < 1.29 is 4.74 Å². The van der Waals surface area contributed by atoms with Crippen molar-refractivity contribution in [3.8, 4) is 5.75 Å². The van der Waals surface area contributed by atoms with Crippen LogP contribution in [0.2, 0.25) is 0 Å². The average molecular weight is 373 g/mol. The Labute approximate surface area is 169 Å². The van der Waals surface area contributed by atoms with Gasteiger partial charge in [-0.3, -0.25) is 0 Å². The number of hydrogen-bond acceptors (Lipinski definition) is 1. The second-order valence-corrected chi connectivity index (χ2v) is 7.81. The predicted molar refractivity (Wildman–Crippen MR) is 121 cm³/mol. The molecule has 27 heavy (non-hydrogen) atoms. The van der Waals surface area contributed by atoms with Crippen molar-refractivity contribution in [3.05, 3.63) is 42.5 Å². The molecule has 0 atom stereocenters. The maximum atomic E-state index is 5.73. The van der Waals surface area contributed by atoms with Crippen LogP contribution in [0.3, 0.4) is 0 Å². The van der Waals surface area contributed by atoms with E-state index >= 15 is 0 Å². The number of benzene rings is 1. The predicted octanol–water partition coefficient (Wildman–Crippen LogP) is 8.88. The molecule has 0 N–H and O–H groups in total. The lowest BCUT2D eigenvalue weighted by atomic mass is 10.1. The van der Waals surface area contributed by atoms with Gasteiger partial charge in [0.1, 0.15) is 5.75 Å². The van der Waals surface area contributed by atoms with Gasteiger partial charge in [0.2, 0.25) is 0 Å². The summed E-state index contributed by atoms with van der Waals surface area (Å²) in [6.45, 7) is 3.14. The highest BCUT2D eigenvalue weighted by Crippen LogP contribution is 2.12. The molecule has 0 radical (unpaired) electrons. The van der Waals surface area contributed by atoms with E-state index < -0.39 is 0 Å². The Hall–Kier alpha value is -1.24. The van der Waals surface area contributed by atoms with Crippen LogP contribution in [-0.2, 0) is 0 Å². The molecule has 0 heterocycles. The molecule has 0 fully saturated rings. The van der Waals surface area contributed by atoms with E-state index in [-0.39, 0.29) is 0 Å². The molecule has 1 rings (SSSR count). The highest BCUT2D eigenvalue weighted by atomic mass is 16.5. The zero-order valence-electron chi connectivity index (χ0n) is 18.0. The molecule has 0 spiro atoms. The fourth-order valence-corrected chi connectivity index (χ4v) is 3.41. The molecule has 0 saturated heterocycles. The van der Waals surface area contributed by atoms with Crippen LogP contribution in [0, 0.1) is 0 Å². The number of allylic oxidation sites excluding steroid dienone is 2. The topological polar surface area (TPSA) is 9.23 Å². The van der Waals surface area contributed by atoms with Gasteiger partial charge in [-0.2, -0.15) is 0 Å². The molecule has 154 valence electrons. The van der Waals surface area contributed by atoms with Gasteiger partial charge >= 0.3 is 0 Å². The molecule has 0 amide bonds. The minimum atomic E-state index is 0.853. The summed E-state index contributed by atoms with van der Waals surface area (Å²) in [4.78, 5) is 0. The number of para-hydroxylation sites is 1. The lowest BCUT2D eigenvalue weighted by Crippen LogP contribution is -1.96. The fourth-order valence-electron chi connectivity index (χ4n) is 3.41. The molecule has 1 aromatic rings. The third-order valence-corrected chi connectivity index (χ3v) is 5.17. The van der Waals surface area contributed by atoms with Crippen molar-refractivity contribution >= 4 is 0 Å². The molecule has 0 bridgehead atoms. The largest absolute Gasteiger partial charge is 0.494 e. The van der Waals surface area contributed by atoms with Gasteiger partial charge in [0.15, 0.2) is 0 Å². The van der Waals surface area contributed by atoms with Crippen molar-refractivity contribution in [1.29, 1.82) is 0 Å². The van der Waals surface area contributed by atoms with Crippen molar-refractivity contribution in [2.75, 3.05) is 6.61 Å². The van der Waals surface area contributed by atoms with Gasteiger partial charge in [0, 0.05) is 0 Å². The summed E-state index contributed by atoms with van der Waals surface area (Å²) in [5, 5.41) is 0. The molecular weight excluding hydrogens is 328 g/mol. The molecule has 0 unspecified atom stereocenters. The van der Waals surface area contributed by atoms with Crippen LogP contribution in [-0.4, -0.2) is 6.61 Å². The van der Waals surface area contributed by atoms with Crippen LogP contribution in [0.15, 0.2) is 42.5 Å².